The highest BCUT2D eigenvalue weighted by Crippen LogP contribution is 2.25. The summed E-state index contributed by atoms with van der Waals surface area (Å²) >= 11 is 5.34. The fourth-order valence-electron chi connectivity index (χ4n) is 0.735. The van der Waals surface area contributed by atoms with Gasteiger partial charge >= 0.3 is 0 Å². The van der Waals surface area contributed by atoms with Gasteiger partial charge in [-0.3, -0.25) is 4.98 Å². The maximum atomic E-state index is 12.9. The van der Waals surface area contributed by atoms with E-state index in [-0.39, 0.29) is 5.02 Å². The molecule has 0 saturated carbocycles. The first-order valence-corrected chi connectivity index (χ1v) is 3.48. The Hall–Kier alpha value is -1.28. The number of alkyl halides is 2. The zero-order chi connectivity index (χ0) is 10.0. The molecule has 0 aliphatic rings. The van der Waals surface area contributed by atoms with E-state index in [1.807, 2.05) is 0 Å². The molecule has 1 aromatic rings. The third-order valence-corrected chi connectivity index (χ3v) is 1.61. The lowest BCUT2D eigenvalue weighted by Crippen LogP contribution is -1.99. The first-order chi connectivity index (χ1) is 6.07. The van der Waals surface area contributed by atoms with Gasteiger partial charge in [0.05, 0.1) is 5.02 Å². The number of pyridine rings is 1. The molecule has 13 heavy (non-hydrogen) atoms. The monoisotopic (exact) mass is 206 g/mol. The van der Waals surface area contributed by atoms with Gasteiger partial charge in [-0.2, -0.15) is 5.26 Å². The highest BCUT2D eigenvalue weighted by molar-refractivity contribution is 6.31. The molecule has 6 heteroatoms. The zero-order valence-electron chi connectivity index (χ0n) is 6.06. The van der Waals surface area contributed by atoms with Crippen molar-refractivity contribution in [3.05, 3.63) is 28.3 Å². The van der Waals surface area contributed by atoms with Crippen molar-refractivity contribution < 1.29 is 13.2 Å². The van der Waals surface area contributed by atoms with Gasteiger partial charge in [0.15, 0.2) is 5.82 Å². The second kappa shape index (κ2) is 3.62. The molecule has 0 bridgehead atoms. The number of nitrogens with zero attached hydrogens (tertiary/aromatic N) is 2. The van der Waals surface area contributed by atoms with Crippen LogP contribution < -0.4 is 0 Å². The Morgan fingerprint density at radius 1 is 1.54 bits per heavy atom. The minimum atomic E-state index is -3.05. The number of rotatable bonds is 1. The molecule has 68 valence electrons. The molecule has 0 aliphatic carbocycles. The van der Waals surface area contributed by atoms with E-state index in [1.54, 1.807) is 0 Å². The van der Waals surface area contributed by atoms with Crippen molar-refractivity contribution in [3.63, 3.8) is 0 Å². The smallest absolute Gasteiger partial charge is 0.251 e. The van der Waals surface area contributed by atoms with Crippen molar-refractivity contribution in [1.82, 2.24) is 4.98 Å². The lowest BCUT2D eigenvalue weighted by molar-refractivity contribution is 0.140. The molecular formula is C7H2ClF3N2. The summed E-state index contributed by atoms with van der Waals surface area (Å²) in [7, 11) is 0. The Labute approximate surface area is 76.6 Å². The summed E-state index contributed by atoms with van der Waals surface area (Å²) in [5.74, 6) is -1.36. The molecule has 0 aliphatic heterocycles. The maximum Gasteiger partial charge on any atom is 0.283 e. The summed E-state index contributed by atoms with van der Waals surface area (Å²) in [6.45, 7) is 0. The topological polar surface area (TPSA) is 36.7 Å². The number of hydrogen-bond donors (Lipinski definition) is 0. The van der Waals surface area contributed by atoms with Crippen LogP contribution in [0.1, 0.15) is 17.7 Å². The van der Waals surface area contributed by atoms with Crippen molar-refractivity contribution in [1.29, 1.82) is 5.26 Å². The second-order valence-corrected chi connectivity index (χ2v) is 2.50. The molecule has 0 saturated heterocycles. The van der Waals surface area contributed by atoms with Crippen molar-refractivity contribution >= 4 is 11.6 Å². The van der Waals surface area contributed by atoms with Gasteiger partial charge in [0.25, 0.3) is 6.43 Å². The van der Waals surface area contributed by atoms with E-state index >= 15 is 0 Å². The molecule has 1 aromatic heterocycles. The Bertz CT molecular complexity index is 373. The maximum absolute atomic E-state index is 12.9. The minimum Gasteiger partial charge on any atom is -0.251 e. The number of aromatic nitrogens is 1. The molecule has 2 nitrogen and oxygen atoms in total. The predicted molar refractivity (Wildman–Crippen MR) is 38.9 cm³/mol. The van der Waals surface area contributed by atoms with Crippen LogP contribution in [0.5, 0.6) is 0 Å². The SMILES string of the molecule is N#Cc1c(Cl)cnc(C(F)F)c1F. The van der Waals surface area contributed by atoms with Gasteiger partial charge in [0.1, 0.15) is 17.3 Å². The Morgan fingerprint density at radius 2 is 2.15 bits per heavy atom. The van der Waals surface area contributed by atoms with E-state index in [2.05, 4.69) is 4.98 Å². The average molecular weight is 207 g/mol. The van der Waals surface area contributed by atoms with E-state index in [9.17, 15) is 13.2 Å². The van der Waals surface area contributed by atoms with Crippen LogP contribution in [0.15, 0.2) is 6.20 Å². The van der Waals surface area contributed by atoms with Gasteiger partial charge in [-0.25, -0.2) is 13.2 Å². The van der Waals surface area contributed by atoms with Gasteiger partial charge < -0.3 is 0 Å². The van der Waals surface area contributed by atoms with Crippen LogP contribution in [-0.2, 0) is 0 Å². The van der Waals surface area contributed by atoms with Crippen LogP contribution in [-0.4, -0.2) is 4.98 Å². The fourth-order valence-corrected chi connectivity index (χ4v) is 0.909. The highest BCUT2D eigenvalue weighted by Gasteiger charge is 2.20. The van der Waals surface area contributed by atoms with Crippen molar-refractivity contribution in [2.75, 3.05) is 0 Å². The Morgan fingerprint density at radius 3 is 2.62 bits per heavy atom. The van der Waals surface area contributed by atoms with E-state index in [0.29, 0.717) is 0 Å². The molecule has 0 radical (unpaired) electrons. The Kier molecular flexibility index (Phi) is 2.73. The largest absolute Gasteiger partial charge is 0.283 e. The van der Waals surface area contributed by atoms with Crippen LogP contribution >= 0.6 is 11.6 Å². The van der Waals surface area contributed by atoms with Gasteiger partial charge in [0, 0.05) is 6.20 Å². The summed E-state index contributed by atoms with van der Waals surface area (Å²) in [5, 5.41) is 8.08. The summed E-state index contributed by atoms with van der Waals surface area (Å²) < 4.78 is 37.0. The van der Waals surface area contributed by atoms with E-state index in [4.69, 9.17) is 16.9 Å². The number of halogens is 4. The van der Waals surface area contributed by atoms with Crippen LogP contribution in [0.4, 0.5) is 13.2 Å². The normalized spacial score (nSPS) is 10.2. The zero-order valence-corrected chi connectivity index (χ0v) is 6.82. The van der Waals surface area contributed by atoms with Crippen molar-refractivity contribution in [3.8, 4) is 6.07 Å². The molecule has 0 atom stereocenters. The standard InChI is InChI=1S/C7H2ClF3N2/c8-4-2-13-6(7(10)11)5(9)3(4)1-12/h2,7H. The third-order valence-electron chi connectivity index (χ3n) is 1.32. The fraction of sp³-hybridized carbons (Fsp3) is 0.143. The van der Waals surface area contributed by atoms with Crippen LogP contribution in [0.3, 0.4) is 0 Å². The van der Waals surface area contributed by atoms with E-state index in [1.165, 1.54) is 6.07 Å². The molecule has 0 spiro atoms. The highest BCUT2D eigenvalue weighted by atomic mass is 35.5. The summed E-state index contributed by atoms with van der Waals surface area (Å²) in [4.78, 5) is 3.08. The van der Waals surface area contributed by atoms with Crippen molar-refractivity contribution in [2.24, 2.45) is 0 Å². The molecule has 0 amide bonds. The predicted octanol–water partition coefficient (Wildman–Crippen LogP) is 2.68. The number of hydrogen-bond acceptors (Lipinski definition) is 2. The number of nitriles is 1. The van der Waals surface area contributed by atoms with Gasteiger partial charge in [-0.1, -0.05) is 11.6 Å². The average Bonchev–Trinajstić information content (AvgIpc) is 2.04. The molecule has 0 N–H and O–H groups in total. The van der Waals surface area contributed by atoms with Gasteiger partial charge in [-0.05, 0) is 0 Å². The summed E-state index contributed by atoms with van der Waals surface area (Å²) in [6.07, 6.45) is -2.23. The molecule has 1 heterocycles. The summed E-state index contributed by atoms with van der Waals surface area (Å²) in [5.41, 5.74) is -1.66. The minimum absolute atomic E-state index is 0.274. The summed E-state index contributed by atoms with van der Waals surface area (Å²) in [6, 6.07) is 1.38. The second-order valence-electron chi connectivity index (χ2n) is 2.09. The first-order valence-electron chi connectivity index (χ1n) is 3.10. The first kappa shape index (κ1) is 9.81. The molecular weight excluding hydrogens is 205 g/mol. The van der Waals surface area contributed by atoms with Crippen LogP contribution in [0, 0.1) is 17.1 Å². The van der Waals surface area contributed by atoms with Crippen molar-refractivity contribution in [2.45, 2.75) is 6.43 Å². The quantitative estimate of drug-likeness (QED) is 0.708. The van der Waals surface area contributed by atoms with E-state index < -0.39 is 23.5 Å². The molecule has 0 unspecified atom stereocenters. The molecule has 1 rings (SSSR count). The molecule has 0 fully saturated rings. The van der Waals surface area contributed by atoms with Crippen LogP contribution in [0.2, 0.25) is 5.02 Å². The van der Waals surface area contributed by atoms with Crippen LogP contribution in [0.25, 0.3) is 0 Å². The lowest BCUT2D eigenvalue weighted by Gasteiger charge is -2.02. The third kappa shape index (κ3) is 1.73. The van der Waals surface area contributed by atoms with E-state index in [0.717, 1.165) is 6.20 Å². The van der Waals surface area contributed by atoms with Gasteiger partial charge in [0.2, 0.25) is 0 Å². The van der Waals surface area contributed by atoms with Gasteiger partial charge in [-0.15, -0.1) is 0 Å². The Balaban J connectivity index is 3.38. The lowest BCUT2D eigenvalue weighted by atomic mass is 10.2. The molecule has 0 aromatic carbocycles.